The van der Waals surface area contributed by atoms with Gasteiger partial charge in [0.2, 0.25) is 0 Å². The number of carboxylic acid groups (broad SMARTS) is 1. The first-order valence-corrected chi connectivity index (χ1v) is 5.61. The first-order chi connectivity index (χ1) is 7.71. The molecule has 2 bridgehead atoms. The Morgan fingerprint density at radius 3 is 2.94 bits per heavy atom. The predicted molar refractivity (Wildman–Crippen MR) is 55.0 cm³/mol. The van der Waals surface area contributed by atoms with Crippen molar-refractivity contribution in [3.8, 4) is 0 Å². The van der Waals surface area contributed by atoms with Crippen molar-refractivity contribution < 1.29 is 19.1 Å². The van der Waals surface area contributed by atoms with Gasteiger partial charge in [-0.3, -0.25) is 4.79 Å². The first kappa shape index (κ1) is 9.90. The van der Waals surface area contributed by atoms with Crippen LogP contribution in [0.5, 0.6) is 0 Å². The number of carbonyl (C=O) groups is 1. The molecule has 16 heavy (non-hydrogen) atoms. The highest BCUT2D eigenvalue weighted by atomic mass is 16.5. The van der Waals surface area contributed by atoms with E-state index in [9.17, 15) is 9.90 Å². The van der Waals surface area contributed by atoms with E-state index in [0.717, 1.165) is 18.4 Å². The van der Waals surface area contributed by atoms with Gasteiger partial charge in [-0.05, 0) is 37.3 Å². The van der Waals surface area contributed by atoms with Crippen LogP contribution in [0.15, 0.2) is 23.0 Å². The minimum atomic E-state index is -0.735. The molecule has 0 spiro atoms. The van der Waals surface area contributed by atoms with E-state index in [2.05, 4.69) is 0 Å². The van der Waals surface area contributed by atoms with Crippen LogP contribution in [0, 0.1) is 5.41 Å². The Labute approximate surface area is 93.2 Å². The summed E-state index contributed by atoms with van der Waals surface area (Å²) in [6, 6.07) is 1.83. The van der Waals surface area contributed by atoms with Gasteiger partial charge in [0, 0.05) is 0 Å². The lowest BCUT2D eigenvalue weighted by Gasteiger charge is -2.30. The SMILES string of the molecule is O=C(O)C1(Cc2ccoc2)CC2CCC1O2. The van der Waals surface area contributed by atoms with Crippen LogP contribution in [0.25, 0.3) is 0 Å². The second-order valence-corrected chi connectivity index (χ2v) is 4.80. The minimum absolute atomic E-state index is 0.120. The molecule has 3 heterocycles. The molecule has 4 nitrogen and oxygen atoms in total. The van der Waals surface area contributed by atoms with Crippen LogP contribution >= 0.6 is 0 Å². The van der Waals surface area contributed by atoms with Crippen molar-refractivity contribution in [3.05, 3.63) is 24.2 Å². The van der Waals surface area contributed by atoms with E-state index in [1.54, 1.807) is 12.5 Å². The summed E-state index contributed by atoms with van der Waals surface area (Å²) in [5, 5.41) is 9.47. The van der Waals surface area contributed by atoms with Crippen LogP contribution in [0.3, 0.4) is 0 Å². The Balaban J connectivity index is 1.89. The smallest absolute Gasteiger partial charge is 0.312 e. The number of hydrogen-bond acceptors (Lipinski definition) is 3. The van der Waals surface area contributed by atoms with E-state index in [0.29, 0.717) is 12.8 Å². The monoisotopic (exact) mass is 222 g/mol. The molecule has 2 fully saturated rings. The molecule has 0 radical (unpaired) electrons. The Bertz CT molecular complexity index is 397. The third-order valence-corrected chi connectivity index (χ3v) is 3.84. The first-order valence-electron chi connectivity index (χ1n) is 5.61. The molecule has 3 atom stereocenters. The molecule has 86 valence electrons. The fourth-order valence-corrected chi connectivity index (χ4v) is 3.04. The fourth-order valence-electron chi connectivity index (χ4n) is 3.04. The zero-order valence-electron chi connectivity index (χ0n) is 8.89. The van der Waals surface area contributed by atoms with Gasteiger partial charge >= 0.3 is 5.97 Å². The number of ether oxygens (including phenoxy) is 1. The number of fused-ring (bicyclic) bond motifs is 2. The van der Waals surface area contributed by atoms with Gasteiger partial charge < -0.3 is 14.3 Å². The summed E-state index contributed by atoms with van der Waals surface area (Å²) in [7, 11) is 0. The van der Waals surface area contributed by atoms with E-state index < -0.39 is 11.4 Å². The molecule has 0 amide bonds. The van der Waals surface area contributed by atoms with Crippen LogP contribution in [0.4, 0.5) is 0 Å². The number of furan rings is 1. The molecule has 2 saturated heterocycles. The third-order valence-electron chi connectivity index (χ3n) is 3.84. The summed E-state index contributed by atoms with van der Waals surface area (Å²) in [5.41, 5.74) is 0.214. The number of rotatable bonds is 3. The summed E-state index contributed by atoms with van der Waals surface area (Å²) < 4.78 is 10.7. The zero-order chi connectivity index (χ0) is 11.2. The third kappa shape index (κ3) is 1.29. The maximum Gasteiger partial charge on any atom is 0.312 e. The van der Waals surface area contributed by atoms with E-state index in [-0.39, 0.29) is 12.2 Å². The van der Waals surface area contributed by atoms with Crippen LogP contribution in [-0.4, -0.2) is 23.3 Å². The van der Waals surface area contributed by atoms with Crippen molar-refractivity contribution in [2.75, 3.05) is 0 Å². The Hall–Kier alpha value is -1.29. The Kier molecular flexibility index (Phi) is 2.07. The topological polar surface area (TPSA) is 59.7 Å². The molecule has 3 unspecified atom stereocenters. The zero-order valence-corrected chi connectivity index (χ0v) is 8.89. The van der Waals surface area contributed by atoms with Gasteiger partial charge in [-0.2, -0.15) is 0 Å². The summed E-state index contributed by atoms with van der Waals surface area (Å²) in [6.07, 6.45) is 6.26. The highest BCUT2D eigenvalue weighted by Crippen LogP contribution is 2.49. The fraction of sp³-hybridized carbons (Fsp3) is 0.583. The molecule has 0 saturated carbocycles. The molecule has 1 aromatic heterocycles. The largest absolute Gasteiger partial charge is 0.481 e. The van der Waals surface area contributed by atoms with Crippen LogP contribution in [-0.2, 0) is 16.0 Å². The van der Waals surface area contributed by atoms with Crippen molar-refractivity contribution in [2.45, 2.75) is 37.9 Å². The van der Waals surface area contributed by atoms with Crippen LogP contribution < -0.4 is 0 Å². The average Bonchev–Trinajstić information content (AvgIpc) is 2.92. The maximum absolute atomic E-state index is 11.5. The Morgan fingerprint density at radius 2 is 2.44 bits per heavy atom. The van der Waals surface area contributed by atoms with E-state index in [1.807, 2.05) is 6.07 Å². The van der Waals surface area contributed by atoms with Gasteiger partial charge in [0.15, 0.2) is 0 Å². The second-order valence-electron chi connectivity index (χ2n) is 4.80. The number of aliphatic carboxylic acids is 1. The molecule has 2 aliphatic rings. The molecule has 1 N–H and O–H groups in total. The summed E-state index contributed by atoms with van der Waals surface area (Å²) in [6.45, 7) is 0. The predicted octanol–water partition coefficient (Wildman–Crippen LogP) is 1.84. The van der Waals surface area contributed by atoms with Crippen molar-refractivity contribution in [1.82, 2.24) is 0 Å². The van der Waals surface area contributed by atoms with Gasteiger partial charge in [-0.1, -0.05) is 0 Å². The van der Waals surface area contributed by atoms with E-state index in [4.69, 9.17) is 9.15 Å². The number of hydrogen-bond donors (Lipinski definition) is 1. The van der Waals surface area contributed by atoms with Crippen molar-refractivity contribution in [3.63, 3.8) is 0 Å². The standard InChI is InChI=1S/C12H14O4/c13-11(14)12(5-8-3-4-15-7-8)6-9-1-2-10(12)16-9/h3-4,7,9-10H,1-2,5-6H2,(H,13,14). The summed E-state index contributed by atoms with van der Waals surface area (Å²) >= 11 is 0. The lowest BCUT2D eigenvalue weighted by atomic mass is 9.70. The van der Waals surface area contributed by atoms with Crippen LogP contribution in [0.2, 0.25) is 0 Å². The van der Waals surface area contributed by atoms with Gasteiger partial charge in [0.25, 0.3) is 0 Å². The maximum atomic E-state index is 11.5. The molecule has 4 heteroatoms. The van der Waals surface area contributed by atoms with Gasteiger partial charge in [0.05, 0.1) is 24.7 Å². The molecular weight excluding hydrogens is 208 g/mol. The van der Waals surface area contributed by atoms with Crippen molar-refractivity contribution in [2.24, 2.45) is 5.41 Å². The van der Waals surface area contributed by atoms with Crippen molar-refractivity contribution >= 4 is 5.97 Å². The summed E-state index contributed by atoms with van der Waals surface area (Å²) in [5.74, 6) is -0.735. The van der Waals surface area contributed by atoms with E-state index >= 15 is 0 Å². The average molecular weight is 222 g/mol. The molecular formula is C12H14O4. The second kappa shape index (κ2) is 3.35. The van der Waals surface area contributed by atoms with Crippen LogP contribution in [0.1, 0.15) is 24.8 Å². The van der Waals surface area contributed by atoms with Gasteiger partial charge in [0.1, 0.15) is 5.41 Å². The highest BCUT2D eigenvalue weighted by molar-refractivity contribution is 5.76. The Morgan fingerprint density at radius 1 is 1.56 bits per heavy atom. The van der Waals surface area contributed by atoms with Gasteiger partial charge in [-0.25, -0.2) is 0 Å². The molecule has 3 rings (SSSR count). The highest BCUT2D eigenvalue weighted by Gasteiger charge is 2.57. The van der Waals surface area contributed by atoms with Crippen molar-refractivity contribution in [1.29, 1.82) is 0 Å². The quantitative estimate of drug-likeness (QED) is 0.847. The molecule has 1 aromatic rings. The lowest BCUT2D eigenvalue weighted by molar-refractivity contribution is -0.152. The van der Waals surface area contributed by atoms with E-state index in [1.165, 1.54) is 0 Å². The number of carboxylic acids is 1. The molecule has 0 aromatic carbocycles. The summed E-state index contributed by atoms with van der Waals surface area (Å²) in [4.78, 5) is 11.5. The normalized spacial score (nSPS) is 36.8. The lowest BCUT2D eigenvalue weighted by Crippen LogP contribution is -2.42. The molecule has 0 aliphatic carbocycles. The molecule has 2 aliphatic heterocycles. The minimum Gasteiger partial charge on any atom is -0.481 e. The van der Waals surface area contributed by atoms with Gasteiger partial charge in [-0.15, -0.1) is 0 Å².